The molecule has 3 saturated heterocycles. The second-order valence-electron chi connectivity index (χ2n) is 12.5. The van der Waals surface area contributed by atoms with E-state index in [0.717, 1.165) is 12.8 Å². The van der Waals surface area contributed by atoms with Crippen molar-refractivity contribution in [2.45, 2.75) is 88.5 Å². The van der Waals surface area contributed by atoms with E-state index in [0.29, 0.717) is 31.0 Å². The van der Waals surface area contributed by atoms with Gasteiger partial charge in [-0.1, -0.05) is 55.3 Å². The highest BCUT2D eigenvalue weighted by Crippen LogP contribution is 2.61. The van der Waals surface area contributed by atoms with Crippen molar-refractivity contribution in [1.82, 2.24) is 9.80 Å². The molecule has 4 unspecified atom stereocenters. The van der Waals surface area contributed by atoms with Gasteiger partial charge in [0.15, 0.2) is 0 Å². The highest BCUT2D eigenvalue weighted by atomic mass is 79.9. The molecule has 44 heavy (non-hydrogen) atoms. The number of anilines is 1. The summed E-state index contributed by atoms with van der Waals surface area (Å²) in [6.07, 6.45) is 4.82. The van der Waals surface area contributed by atoms with Crippen molar-refractivity contribution in [3.05, 3.63) is 49.6 Å². The van der Waals surface area contributed by atoms with E-state index in [9.17, 15) is 19.5 Å². The maximum atomic E-state index is 14.7. The number of carbonyl (C=O) groups excluding carboxylic acids is 3. The Hall–Kier alpha value is -2.69. The van der Waals surface area contributed by atoms with Gasteiger partial charge in [0.25, 0.3) is 0 Å². The quantitative estimate of drug-likeness (QED) is 0.216. The number of aliphatic hydroxyl groups is 1. The van der Waals surface area contributed by atoms with Gasteiger partial charge in [0, 0.05) is 29.6 Å². The summed E-state index contributed by atoms with van der Waals surface area (Å²) in [5.74, 6) is -1.96. The highest BCUT2D eigenvalue weighted by Gasteiger charge is 2.77. The molecule has 1 spiro atoms. The van der Waals surface area contributed by atoms with Crippen LogP contribution >= 0.6 is 15.9 Å². The van der Waals surface area contributed by atoms with E-state index < -0.39 is 35.6 Å². The number of hydrogen-bond donors (Lipinski definition) is 1. The summed E-state index contributed by atoms with van der Waals surface area (Å²) in [4.78, 5) is 48.6. The van der Waals surface area contributed by atoms with Crippen molar-refractivity contribution in [3.63, 3.8) is 0 Å². The number of halogens is 1. The first kappa shape index (κ1) is 34.2. The largest absolute Gasteiger partial charge is 0.494 e. The number of benzene rings is 1. The van der Waals surface area contributed by atoms with E-state index in [-0.39, 0.29) is 47.7 Å². The van der Waals surface area contributed by atoms with E-state index in [2.05, 4.69) is 36.0 Å². The average Bonchev–Trinajstić information content (AvgIpc) is 3.58. The zero-order valence-electron chi connectivity index (χ0n) is 26.7. The molecular formula is C34H48BrN3O6. The van der Waals surface area contributed by atoms with Crippen LogP contribution in [0.1, 0.15) is 53.9 Å². The molecule has 0 radical (unpaired) electrons. The van der Waals surface area contributed by atoms with Crippen LogP contribution in [0.5, 0.6) is 5.75 Å². The van der Waals surface area contributed by atoms with Gasteiger partial charge in [0.1, 0.15) is 17.4 Å². The Morgan fingerprint density at radius 3 is 2.36 bits per heavy atom. The molecule has 3 aliphatic heterocycles. The minimum atomic E-state index is -1.22. The van der Waals surface area contributed by atoms with Crippen LogP contribution in [0.15, 0.2) is 49.6 Å². The summed E-state index contributed by atoms with van der Waals surface area (Å²) in [6, 6.07) is 5.56. The number of nitrogens with zero attached hydrogens (tertiary/aromatic N) is 3. The SMILES string of the molecule is C=CCN(C(=O)[C@H]1[C@H]2C(=O)N([C@@H](CO)C(C)C)C(C(=O)N(CC=C)C(C)CCC)C23CC(Br)[C@@H]1O3)c1ccc(OCC)cc1. The Labute approximate surface area is 270 Å². The molecule has 3 heterocycles. The van der Waals surface area contributed by atoms with Crippen LogP contribution < -0.4 is 9.64 Å². The topological polar surface area (TPSA) is 99.6 Å². The van der Waals surface area contributed by atoms with Gasteiger partial charge >= 0.3 is 0 Å². The summed E-state index contributed by atoms with van der Waals surface area (Å²) in [6.45, 7) is 18.4. The van der Waals surface area contributed by atoms with E-state index in [4.69, 9.17) is 9.47 Å². The van der Waals surface area contributed by atoms with Gasteiger partial charge in [-0.05, 0) is 56.9 Å². The minimum absolute atomic E-state index is 0.0944. The van der Waals surface area contributed by atoms with Gasteiger partial charge in [0.2, 0.25) is 17.7 Å². The Bertz CT molecular complexity index is 1220. The van der Waals surface area contributed by atoms with Crippen molar-refractivity contribution in [2.75, 3.05) is 31.2 Å². The molecule has 242 valence electrons. The predicted octanol–water partition coefficient (Wildman–Crippen LogP) is 4.57. The van der Waals surface area contributed by atoms with E-state index in [1.165, 1.54) is 0 Å². The normalized spacial score (nSPS) is 28.5. The molecule has 1 aromatic carbocycles. The zero-order valence-corrected chi connectivity index (χ0v) is 28.2. The van der Waals surface area contributed by atoms with Crippen LogP contribution in [0.2, 0.25) is 0 Å². The van der Waals surface area contributed by atoms with E-state index >= 15 is 0 Å². The Kier molecular flexibility index (Phi) is 11.0. The molecule has 9 nitrogen and oxygen atoms in total. The molecule has 8 atom stereocenters. The number of carbonyl (C=O) groups is 3. The van der Waals surface area contributed by atoms with E-state index in [1.54, 1.807) is 26.9 Å². The number of ether oxygens (including phenoxy) is 2. The average molecular weight is 675 g/mol. The first-order valence-corrected chi connectivity index (χ1v) is 16.8. The molecule has 1 aromatic rings. The molecule has 2 bridgehead atoms. The fraction of sp³-hybridized carbons (Fsp3) is 0.618. The third-order valence-electron chi connectivity index (χ3n) is 9.44. The summed E-state index contributed by atoms with van der Waals surface area (Å²) in [5.41, 5.74) is -0.572. The maximum Gasteiger partial charge on any atom is 0.248 e. The number of hydrogen-bond acceptors (Lipinski definition) is 6. The van der Waals surface area contributed by atoms with Crippen LogP contribution in [-0.4, -0.2) is 93.6 Å². The van der Waals surface area contributed by atoms with Crippen molar-refractivity contribution >= 4 is 39.3 Å². The third kappa shape index (κ3) is 5.85. The van der Waals surface area contributed by atoms with Crippen LogP contribution in [0.3, 0.4) is 0 Å². The van der Waals surface area contributed by atoms with Crippen LogP contribution in [0.4, 0.5) is 5.69 Å². The van der Waals surface area contributed by atoms with Gasteiger partial charge in [0.05, 0.1) is 37.2 Å². The first-order valence-electron chi connectivity index (χ1n) is 15.8. The second kappa shape index (κ2) is 14.2. The summed E-state index contributed by atoms with van der Waals surface area (Å²) >= 11 is 3.77. The lowest BCUT2D eigenvalue weighted by Gasteiger charge is -2.42. The standard InChI is InChI=1S/C34H48BrN3O6/c1-8-12-22(7)36(17-9-2)33(42)30-34-19-25(35)29(44-34)27(28(34)32(41)38(30)26(20-39)21(5)6)31(40)37(18-10-3)23-13-15-24(16-14-23)43-11-4/h9-10,13-16,21-22,25-30,39H,2-3,8,11-12,17-20H2,1,4-7H3/t22?,25?,26-,27-,28-,29-,30?,34?/m0/s1. The Morgan fingerprint density at radius 1 is 1.16 bits per heavy atom. The van der Waals surface area contributed by atoms with Crippen molar-refractivity contribution in [3.8, 4) is 5.75 Å². The smallest absolute Gasteiger partial charge is 0.248 e. The van der Waals surface area contributed by atoms with Gasteiger partial charge in [-0.15, -0.1) is 13.2 Å². The fourth-order valence-corrected chi connectivity index (χ4v) is 8.43. The predicted molar refractivity (Wildman–Crippen MR) is 175 cm³/mol. The number of rotatable bonds is 15. The summed E-state index contributed by atoms with van der Waals surface area (Å²) < 4.78 is 12.4. The van der Waals surface area contributed by atoms with Crippen molar-refractivity contribution in [2.24, 2.45) is 17.8 Å². The number of alkyl halides is 1. The lowest BCUT2D eigenvalue weighted by atomic mass is 9.70. The molecule has 0 aromatic heterocycles. The Morgan fingerprint density at radius 2 is 1.82 bits per heavy atom. The molecule has 3 amide bonds. The maximum absolute atomic E-state index is 14.7. The third-order valence-corrected chi connectivity index (χ3v) is 10.3. The van der Waals surface area contributed by atoms with E-state index in [1.807, 2.05) is 52.0 Å². The number of amides is 3. The first-order chi connectivity index (χ1) is 21.0. The summed E-state index contributed by atoms with van der Waals surface area (Å²) in [5, 5.41) is 10.6. The number of fused-ring (bicyclic) bond motifs is 1. The van der Waals surface area contributed by atoms with Crippen LogP contribution in [-0.2, 0) is 19.1 Å². The second-order valence-corrected chi connectivity index (χ2v) is 13.7. The zero-order chi connectivity index (χ0) is 32.3. The monoisotopic (exact) mass is 673 g/mol. The molecule has 3 fully saturated rings. The molecular weight excluding hydrogens is 626 g/mol. The van der Waals surface area contributed by atoms with Gasteiger partial charge < -0.3 is 29.3 Å². The molecule has 0 aliphatic carbocycles. The van der Waals surface area contributed by atoms with Crippen LogP contribution in [0.25, 0.3) is 0 Å². The molecule has 4 rings (SSSR count). The molecule has 1 N–H and O–H groups in total. The van der Waals surface area contributed by atoms with Crippen molar-refractivity contribution < 1.29 is 29.0 Å². The van der Waals surface area contributed by atoms with Crippen LogP contribution in [0, 0.1) is 17.8 Å². The molecule has 10 heteroatoms. The number of likely N-dealkylation sites (tertiary alicyclic amines) is 1. The molecule has 0 saturated carbocycles. The number of aliphatic hydroxyl groups excluding tert-OH is 1. The van der Waals surface area contributed by atoms with Gasteiger partial charge in [-0.2, -0.15) is 0 Å². The lowest BCUT2D eigenvalue weighted by molar-refractivity contribution is -0.153. The highest BCUT2D eigenvalue weighted by molar-refractivity contribution is 9.09. The lowest BCUT2D eigenvalue weighted by Crippen LogP contribution is -2.61. The van der Waals surface area contributed by atoms with Gasteiger partial charge in [-0.25, -0.2) is 0 Å². The Balaban J connectivity index is 1.81. The molecule has 3 aliphatic rings. The van der Waals surface area contributed by atoms with Gasteiger partial charge in [-0.3, -0.25) is 14.4 Å². The summed E-state index contributed by atoms with van der Waals surface area (Å²) in [7, 11) is 0. The fourth-order valence-electron chi connectivity index (χ4n) is 7.48. The van der Waals surface area contributed by atoms with Crippen molar-refractivity contribution in [1.29, 1.82) is 0 Å². The minimum Gasteiger partial charge on any atom is -0.494 e.